The molecule has 0 aliphatic carbocycles. The Morgan fingerprint density at radius 3 is 0.754 bits per heavy atom. The van der Waals surface area contributed by atoms with Crippen LogP contribution in [-0.2, 0) is 43.1 Å². The predicted octanol–water partition coefficient (Wildman–Crippen LogP) is 19.7. The number of hydrogen-bond acceptors (Lipinski definition) is 19. The molecule has 15 rings (SSSR count). The van der Waals surface area contributed by atoms with Crippen molar-refractivity contribution in [2.45, 2.75) is 132 Å². The van der Waals surface area contributed by atoms with Crippen molar-refractivity contribution >= 4 is 219 Å². The number of H-pyrrole nitrogens is 1. The van der Waals surface area contributed by atoms with E-state index in [-0.39, 0.29) is 72.8 Å². The van der Waals surface area contributed by atoms with Gasteiger partial charge in [0, 0.05) is 87.7 Å². The van der Waals surface area contributed by atoms with Crippen LogP contribution in [0.5, 0.6) is 23.0 Å². The Labute approximate surface area is 840 Å². The van der Waals surface area contributed by atoms with E-state index >= 15 is 0 Å². The fourth-order valence-corrected chi connectivity index (χ4v) is 18.3. The lowest BCUT2D eigenvalue weighted by molar-refractivity contribution is -0.143. The maximum absolute atomic E-state index is 14.6. The standard InChI is InChI=1S/C22H20FN3O4S.2C21H18FN3O4S.C19H16FN3O2S.C18H16N4O2S/c1-13-10-14(6-8-17(13)24-4)25-20(28)22(2,3)26(21(25)31)15-7-9-18(16(23)11-15)30-12-19(27)29-5;2*1-12-9-13(5-7-16(12)23-4)24-19(28)21(2,3)25(20(24)30)14-6-8-17(15(22)10-14)29-11-18(26)27;1-11-9-12(5-7-15(11)21-4)22-17(25)19(2,3)23(18(22)26)13-6-8-16(24)14(20)10-13;1-11-9-12(5-7-14(11)19-4)21-16(24)18(2,3)22(17(21)25)13-6-8-15(23)20-10-13/h6-11H,12H2,1-3,5H3;2*5-10H,11H2,1-3H3,(H,26,27);5-10,24H,1-3H3;5-10H,1-3H3,(H,20,23). The summed E-state index contributed by atoms with van der Waals surface area (Å²) in [6.45, 7) is 60.1. The first-order valence-corrected chi connectivity index (χ1v) is 44.6. The van der Waals surface area contributed by atoms with Crippen LogP contribution in [0.25, 0.3) is 24.2 Å². The molecule has 32 nitrogen and oxygen atoms in total. The van der Waals surface area contributed by atoms with Gasteiger partial charge in [0.05, 0.1) is 45.7 Å². The van der Waals surface area contributed by atoms with Gasteiger partial charge in [-0.15, -0.1) is 0 Å². The van der Waals surface area contributed by atoms with Crippen molar-refractivity contribution < 1.29 is 90.2 Å². The van der Waals surface area contributed by atoms with Crippen molar-refractivity contribution in [2.24, 2.45) is 0 Å². The van der Waals surface area contributed by atoms with Gasteiger partial charge in [-0.3, -0.25) is 53.3 Å². The Bertz CT molecular complexity index is 7090. The van der Waals surface area contributed by atoms with Crippen molar-refractivity contribution in [2.75, 3.05) is 75.9 Å². The molecule has 5 aliphatic rings. The van der Waals surface area contributed by atoms with E-state index in [1.807, 2.05) is 6.92 Å². The van der Waals surface area contributed by atoms with Gasteiger partial charge in [-0.25, -0.2) is 56.2 Å². The molecule has 9 aromatic carbocycles. The van der Waals surface area contributed by atoms with Crippen molar-refractivity contribution in [3.05, 3.63) is 301 Å². The highest BCUT2D eigenvalue weighted by Crippen LogP contribution is 2.46. The Kier molecular flexibility index (Phi) is 31.4. The van der Waals surface area contributed by atoms with Crippen LogP contribution in [0.2, 0.25) is 0 Å². The first kappa shape index (κ1) is 106. The molecule has 0 spiro atoms. The zero-order valence-corrected chi connectivity index (χ0v) is 82.9. The third kappa shape index (κ3) is 20.9. The maximum Gasteiger partial charge on any atom is 0.343 e. The molecule has 10 aromatic rings. The van der Waals surface area contributed by atoms with Gasteiger partial charge >= 0.3 is 17.9 Å². The van der Waals surface area contributed by atoms with Crippen molar-refractivity contribution in [1.82, 2.24) is 4.98 Å². The van der Waals surface area contributed by atoms with Crippen molar-refractivity contribution in [1.29, 1.82) is 0 Å². The number of carboxylic acid groups (broad SMARTS) is 2. The number of phenolic OH excluding ortho intramolecular Hbond substituents is 1. The molecule has 5 amide bonds. The topological polar surface area (TPSA) is 321 Å². The lowest BCUT2D eigenvalue weighted by atomic mass is 10.0. The number of amides is 5. The monoisotopic (exact) mass is 2020 g/mol. The van der Waals surface area contributed by atoms with E-state index in [2.05, 4.69) is 33.9 Å². The number of anilines is 10. The van der Waals surface area contributed by atoms with E-state index < -0.39 is 94.4 Å². The third-order valence-electron chi connectivity index (χ3n) is 23.1. The summed E-state index contributed by atoms with van der Waals surface area (Å²) in [4.78, 5) is 144. The number of aliphatic carboxylic acids is 2. The summed E-state index contributed by atoms with van der Waals surface area (Å²) in [7, 11) is 1.21. The average Bonchev–Trinajstić information content (AvgIpc) is 1.63. The lowest BCUT2D eigenvalue weighted by Gasteiger charge is -2.29. The molecule has 41 heteroatoms. The molecule has 5 aliphatic heterocycles. The minimum atomic E-state index is -1.22. The van der Waals surface area contributed by atoms with Gasteiger partial charge in [0.2, 0.25) is 5.56 Å². The molecule has 1 aromatic heterocycles. The number of thiocarbonyl (C=S) groups is 5. The van der Waals surface area contributed by atoms with Gasteiger partial charge in [0.1, 0.15) is 27.7 Å². The quantitative estimate of drug-likeness (QED) is 0.0253. The molecular weight excluding hydrogens is 1930 g/mol. The molecule has 0 unspecified atom stereocenters. The zero-order valence-electron chi connectivity index (χ0n) is 78.9. The van der Waals surface area contributed by atoms with Crippen LogP contribution in [0.3, 0.4) is 0 Å². The van der Waals surface area contributed by atoms with Crippen LogP contribution >= 0.6 is 61.1 Å². The first-order valence-electron chi connectivity index (χ1n) is 42.5. The molecule has 6 heterocycles. The van der Waals surface area contributed by atoms with Crippen molar-refractivity contribution in [3.63, 3.8) is 0 Å². The Morgan fingerprint density at radius 1 is 0.331 bits per heavy atom. The van der Waals surface area contributed by atoms with Gasteiger partial charge < -0.3 is 63.8 Å². The SMILES string of the molecule is [C-]#[N+]c1ccc(N2C(=O)C(C)(C)N(c3ccc(=O)[nH]c3)C2=S)cc1C.[C-]#[N+]c1ccc(N2C(=O)C(C)(C)N(c3ccc(O)c(F)c3)C2=S)cc1C.[C-]#[N+]c1ccc(N2C(=O)C(C)(C)N(c3ccc(OCC(=O)O)c(F)c3)C2=S)cc1C.[C-]#[N+]c1ccc(N2C(=O)C(C)(C)N(c3ccc(OCC(=O)O)c(F)c3)C2=S)cc1C.[C-]#[N+]c1ccc(N2C(=O)C(C)(C)N(c3ccc(OCC(=O)OC)c(F)c3)C2=S)cc1C. The largest absolute Gasteiger partial charge is 0.505 e. The summed E-state index contributed by atoms with van der Waals surface area (Å²) in [6, 6.07) is 44.2. The fourth-order valence-electron chi connectivity index (χ4n) is 15.7. The Morgan fingerprint density at radius 2 is 0.549 bits per heavy atom. The molecule has 5 saturated heterocycles. The molecule has 0 bridgehead atoms. The Hall–Kier alpha value is -16.5. The Balaban J connectivity index is 0.000000170. The number of carbonyl (C=O) groups is 8. The number of methoxy groups -OCH3 is 1. The summed E-state index contributed by atoms with van der Waals surface area (Å²) >= 11 is 27.8. The van der Waals surface area contributed by atoms with Crippen molar-refractivity contribution in [3.8, 4) is 23.0 Å². The van der Waals surface area contributed by atoms with Crippen LogP contribution < -0.4 is 68.8 Å². The second-order valence-corrected chi connectivity index (χ2v) is 36.4. The molecule has 0 saturated carbocycles. The molecule has 5 fully saturated rings. The fraction of sp³-hybridized carbons (Fsp3) is 0.238. The number of rotatable bonds is 19. The maximum atomic E-state index is 14.6. The van der Waals surface area contributed by atoms with E-state index in [1.165, 1.54) is 96.0 Å². The van der Waals surface area contributed by atoms with E-state index in [4.69, 9.17) is 118 Å². The molecule has 726 valence electrons. The van der Waals surface area contributed by atoms with Gasteiger partial charge in [-0.1, -0.05) is 30.3 Å². The number of phenols is 1. The number of nitrogens with zero attached hydrogens (tertiary/aromatic N) is 15. The van der Waals surface area contributed by atoms with E-state index in [0.29, 0.717) is 102 Å². The lowest BCUT2D eigenvalue weighted by Crippen LogP contribution is -2.44. The molecule has 4 N–H and O–H groups in total. The number of nitrogens with one attached hydrogen (secondary N) is 1. The molecule has 0 atom stereocenters. The zero-order chi connectivity index (χ0) is 105. The number of benzene rings is 9. The number of aromatic hydroxyl groups is 1. The number of ether oxygens (including phenoxy) is 4. The second kappa shape index (κ2) is 42.1. The third-order valence-corrected chi connectivity index (χ3v) is 25.0. The summed E-state index contributed by atoms with van der Waals surface area (Å²) < 4.78 is 76.8. The summed E-state index contributed by atoms with van der Waals surface area (Å²) in [5.41, 5.74) is 5.50. The highest BCUT2D eigenvalue weighted by molar-refractivity contribution is 7.82. The number of carbonyl (C=O) groups excluding carboxylic acids is 6. The van der Waals surface area contributed by atoms with Crippen LogP contribution in [0.15, 0.2) is 187 Å². The number of hydrogen-bond donors (Lipinski definition) is 4. The predicted molar refractivity (Wildman–Crippen MR) is 549 cm³/mol. The summed E-state index contributed by atoms with van der Waals surface area (Å²) in [6.07, 6.45) is 1.54. The highest BCUT2D eigenvalue weighted by Gasteiger charge is 2.56. The van der Waals surface area contributed by atoms with Crippen LogP contribution in [0, 0.1) is 90.7 Å². The van der Waals surface area contributed by atoms with Gasteiger partial charge in [-0.05, 0) is 308 Å². The van der Waals surface area contributed by atoms with Gasteiger partial charge in [0.15, 0.2) is 120 Å². The minimum absolute atomic E-state index is 0.120. The average molecular weight is 2020 g/mol. The molecular formula is C101H88F4N16O16S5. The number of aromatic nitrogens is 1. The number of carboxylic acids is 2. The summed E-state index contributed by atoms with van der Waals surface area (Å²) in [5, 5.41) is 27.8. The van der Waals surface area contributed by atoms with E-state index in [9.17, 15) is 65.8 Å². The van der Waals surface area contributed by atoms with Gasteiger partial charge in [0.25, 0.3) is 29.5 Å². The van der Waals surface area contributed by atoms with E-state index in [1.54, 1.807) is 221 Å². The number of aromatic amines is 1. The first-order chi connectivity index (χ1) is 66.7. The highest BCUT2D eigenvalue weighted by atomic mass is 32.1. The number of pyridine rings is 1. The van der Waals surface area contributed by atoms with E-state index in [0.717, 1.165) is 34.9 Å². The minimum Gasteiger partial charge on any atom is -0.505 e. The molecule has 142 heavy (non-hydrogen) atoms. The van der Waals surface area contributed by atoms with Crippen LogP contribution in [0.1, 0.15) is 97.1 Å². The number of halogens is 4. The second-order valence-electron chi connectivity index (χ2n) is 34.6. The number of esters is 1. The summed E-state index contributed by atoms with van der Waals surface area (Å²) in [5.74, 6) is -8.41. The normalized spacial score (nSPS) is 15.6. The smallest absolute Gasteiger partial charge is 0.343 e. The number of aryl methyl sites for hydroxylation is 5. The molecule has 0 radical (unpaired) electrons. The van der Waals surface area contributed by atoms with Crippen LogP contribution in [-0.4, -0.2) is 148 Å². The van der Waals surface area contributed by atoms with Gasteiger partial charge in [-0.2, -0.15) is 0 Å². The van der Waals surface area contributed by atoms with Crippen LogP contribution in [0.4, 0.5) is 103 Å².